The number of ether oxygens (including phenoxy) is 1. The predicted molar refractivity (Wildman–Crippen MR) is 103 cm³/mol. The molecule has 3 rings (SSSR count). The van der Waals surface area contributed by atoms with E-state index in [1.165, 1.54) is 0 Å². The molecule has 4 nitrogen and oxygen atoms in total. The second kappa shape index (κ2) is 7.23. The van der Waals surface area contributed by atoms with Gasteiger partial charge >= 0.3 is 0 Å². The van der Waals surface area contributed by atoms with E-state index in [2.05, 4.69) is 19.6 Å². The number of sulfonamides is 1. The molecule has 2 N–H and O–H groups in total. The van der Waals surface area contributed by atoms with E-state index in [-0.39, 0.29) is 11.9 Å². The van der Waals surface area contributed by atoms with Crippen LogP contribution in [-0.4, -0.2) is 14.2 Å². The summed E-state index contributed by atoms with van der Waals surface area (Å²) in [4.78, 5) is 1.16. The lowest BCUT2D eigenvalue weighted by Gasteiger charge is -2.30. The van der Waals surface area contributed by atoms with Crippen LogP contribution in [-0.2, 0) is 15.8 Å². The summed E-state index contributed by atoms with van der Waals surface area (Å²) < 4.78 is 29.1. The Bertz CT molecular complexity index is 907. The molecule has 2 aromatic rings. The van der Waals surface area contributed by atoms with Crippen LogP contribution in [0, 0.1) is 0 Å². The third-order valence-corrected chi connectivity index (χ3v) is 5.71. The Labute approximate surface area is 153 Å². The Hall–Kier alpha value is -1.76. The molecule has 6 heteroatoms. The molecule has 132 valence electrons. The minimum absolute atomic E-state index is 0.178. The first-order valence-electron chi connectivity index (χ1n) is 8.10. The van der Waals surface area contributed by atoms with Crippen molar-refractivity contribution in [1.29, 1.82) is 0 Å². The van der Waals surface area contributed by atoms with Crippen molar-refractivity contribution in [3.8, 4) is 16.9 Å². The molecule has 0 saturated carbocycles. The number of benzene rings is 2. The van der Waals surface area contributed by atoms with E-state index in [9.17, 15) is 8.42 Å². The molecule has 2 aromatic carbocycles. The third-order valence-electron chi connectivity index (χ3n) is 4.04. The van der Waals surface area contributed by atoms with E-state index in [0.29, 0.717) is 12.0 Å². The van der Waals surface area contributed by atoms with E-state index in [4.69, 9.17) is 9.88 Å². The summed E-state index contributed by atoms with van der Waals surface area (Å²) in [6.07, 6.45) is 2.29. The molecule has 0 amide bonds. The molecule has 1 heterocycles. The van der Waals surface area contributed by atoms with Gasteiger partial charge in [-0.15, -0.1) is 18.3 Å². The molecule has 0 radical (unpaired) electrons. The summed E-state index contributed by atoms with van der Waals surface area (Å²) in [7, 11) is -3.58. The van der Waals surface area contributed by atoms with Gasteiger partial charge in [0.25, 0.3) is 0 Å². The summed E-state index contributed by atoms with van der Waals surface area (Å²) in [5, 5.41) is 5.20. The average molecular weight is 376 g/mol. The molecule has 0 aliphatic carbocycles. The fourth-order valence-corrected chi connectivity index (χ4v) is 4.61. The zero-order chi connectivity index (χ0) is 18.0. The van der Waals surface area contributed by atoms with Gasteiger partial charge in [-0.1, -0.05) is 37.3 Å². The Morgan fingerprint density at radius 2 is 2.12 bits per heavy atom. The first-order valence-corrected chi connectivity index (χ1v) is 10.8. The minimum Gasteiger partial charge on any atom is -0.485 e. The first-order chi connectivity index (χ1) is 11.9. The third kappa shape index (κ3) is 3.92. The van der Waals surface area contributed by atoms with Crippen molar-refractivity contribution in [2.75, 3.05) is 5.75 Å². The van der Waals surface area contributed by atoms with Gasteiger partial charge in [0.15, 0.2) is 0 Å². The van der Waals surface area contributed by atoms with Gasteiger partial charge in [-0.2, -0.15) is 0 Å². The molecular weight excluding hydrogens is 354 g/mol. The summed E-state index contributed by atoms with van der Waals surface area (Å²) in [5.74, 6) is 1.64. The van der Waals surface area contributed by atoms with E-state index < -0.39 is 10.0 Å². The van der Waals surface area contributed by atoms with E-state index >= 15 is 0 Å². The van der Waals surface area contributed by atoms with Gasteiger partial charge in [0.05, 0.1) is 5.75 Å². The van der Waals surface area contributed by atoms with Crippen molar-refractivity contribution < 1.29 is 13.2 Å². The SMILES string of the molecule is C=CCC1Oc2cccc(SCC)c2-c2ccc(CS(N)(=O)=O)cc21. The van der Waals surface area contributed by atoms with Gasteiger partial charge in [0.1, 0.15) is 11.9 Å². The molecule has 1 unspecified atom stereocenters. The molecule has 1 atom stereocenters. The van der Waals surface area contributed by atoms with Gasteiger partial charge < -0.3 is 4.74 Å². The fraction of sp³-hybridized carbons (Fsp3) is 0.263. The van der Waals surface area contributed by atoms with Crippen LogP contribution in [0.3, 0.4) is 0 Å². The lowest BCUT2D eigenvalue weighted by molar-refractivity contribution is 0.205. The number of primary sulfonamides is 1. The highest BCUT2D eigenvalue weighted by molar-refractivity contribution is 7.99. The monoisotopic (exact) mass is 375 g/mol. The lowest BCUT2D eigenvalue weighted by atomic mass is 9.90. The number of fused-ring (bicyclic) bond motifs is 3. The summed E-state index contributed by atoms with van der Waals surface area (Å²) in [6, 6.07) is 11.8. The normalized spacial score (nSPS) is 15.8. The van der Waals surface area contributed by atoms with Crippen molar-refractivity contribution in [2.24, 2.45) is 5.14 Å². The molecule has 0 spiro atoms. The van der Waals surface area contributed by atoms with Gasteiger partial charge in [0.2, 0.25) is 10.0 Å². The second-order valence-corrected chi connectivity index (χ2v) is 8.84. The van der Waals surface area contributed by atoms with Gasteiger partial charge in [0, 0.05) is 22.4 Å². The van der Waals surface area contributed by atoms with Gasteiger partial charge in [-0.3, -0.25) is 0 Å². The van der Waals surface area contributed by atoms with Crippen LogP contribution in [0.1, 0.15) is 30.6 Å². The van der Waals surface area contributed by atoms with Crippen molar-refractivity contribution in [1.82, 2.24) is 0 Å². The standard InChI is InChI=1S/C19H21NO3S2/c1-3-6-16-15-11-13(12-25(20,21)22)9-10-14(15)19-17(23-16)7-5-8-18(19)24-4-2/h3,5,7-11,16H,1,4,6,12H2,2H3,(H2,20,21,22). The van der Waals surface area contributed by atoms with Crippen LogP contribution in [0.2, 0.25) is 0 Å². The zero-order valence-corrected chi connectivity index (χ0v) is 15.7. The van der Waals surface area contributed by atoms with Crippen LogP contribution in [0.5, 0.6) is 5.75 Å². The topological polar surface area (TPSA) is 69.4 Å². The number of hydrogen-bond acceptors (Lipinski definition) is 4. The molecule has 0 saturated heterocycles. The molecule has 25 heavy (non-hydrogen) atoms. The fourth-order valence-electron chi connectivity index (χ4n) is 3.12. The molecule has 0 aromatic heterocycles. The van der Waals surface area contributed by atoms with E-state index in [1.807, 2.05) is 36.4 Å². The molecule has 0 bridgehead atoms. The summed E-state index contributed by atoms with van der Waals surface area (Å²) in [6.45, 7) is 5.93. The molecule has 0 fully saturated rings. The highest BCUT2D eigenvalue weighted by atomic mass is 32.2. The number of hydrogen-bond donors (Lipinski definition) is 1. The second-order valence-electron chi connectivity index (χ2n) is 5.92. The first kappa shape index (κ1) is 18.0. The van der Waals surface area contributed by atoms with E-state index in [0.717, 1.165) is 33.1 Å². The lowest BCUT2D eigenvalue weighted by Crippen LogP contribution is -2.17. The van der Waals surface area contributed by atoms with Gasteiger partial charge in [-0.25, -0.2) is 13.6 Å². The predicted octanol–water partition coefficient (Wildman–Crippen LogP) is 4.26. The van der Waals surface area contributed by atoms with Crippen molar-refractivity contribution in [3.05, 3.63) is 60.2 Å². The van der Waals surface area contributed by atoms with Crippen LogP contribution >= 0.6 is 11.8 Å². The van der Waals surface area contributed by atoms with Crippen LogP contribution in [0.4, 0.5) is 0 Å². The Kier molecular flexibility index (Phi) is 5.22. The molecular formula is C19H21NO3S2. The largest absolute Gasteiger partial charge is 0.485 e. The maximum absolute atomic E-state index is 11.4. The quantitative estimate of drug-likeness (QED) is 0.605. The highest BCUT2D eigenvalue weighted by Crippen LogP contribution is 2.48. The highest BCUT2D eigenvalue weighted by Gasteiger charge is 2.27. The smallest absolute Gasteiger partial charge is 0.213 e. The Morgan fingerprint density at radius 1 is 1.32 bits per heavy atom. The minimum atomic E-state index is -3.58. The number of rotatable bonds is 6. The van der Waals surface area contributed by atoms with Crippen molar-refractivity contribution >= 4 is 21.8 Å². The van der Waals surface area contributed by atoms with Crippen molar-refractivity contribution in [2.45, 2.75) is 30.1 Å². The van der Waals surface area contributed by atoms with Gasteiger partial charge in [-0.05, 0) is 29.0 Å². The molecule has 1 aliphatic heterocycles. The van der Waals surface area contributed by atoms with Crippen LogP contribution in [0.25, 0.3) is 11.1 Å². The number of thioether (sulfide) groups is 1. The van der Waals surface area contributed by atoms with Crippen molar-refractivity contribution in [3.63, 3.8) is 0 Å². The average Bonchev–Trinajstić information content (AvgIpc) is 2.54. The van der Waals surface area contributed by atoms with Crippen LogP contribution < -0.4 is 9.88 Å². The zero-order valence-electron chi connectivity index (χ0n) is 14.1. The Morgan fingerprint density at radius 3 is 2.80 bits per heavy atom. The summed E-state index contributed by atoms with van der Waals surface area (Å²) in [5.41, 5.74) is 3.82. The Balaban J connectivity index is 2.16. The van der Waals surface area contributed by atoms with Crippen LogP contribution in [0.15, 0.2) is 53.9 Å². The molecule has 1 aliphatic rings. The maximum atomic E-state index is 11.4. The number of nitrogens with two attached hydrogens (primary N) is 1. The maximum Gasteiger partial charge on any atom is 0.213 e. The van der Waals surface area contributed by atoms with E-state index in [1.54, 1.807) is 11.8 Å². The summed E-state index contributed by atoms with van der Waals surface area (Å²) >= 11 is 1.77.